The molecule has 1 aromatic heterocycles. The maximum atomic E-state index is 13.7. The molecule has 6 heteroatoms. The maximum Gasteiger partial charge on any atom is 0.132 e. The van der Waals surface area contributed by atoms with E-state index in [0.29, 0.717) is 5.56 Å². The Labute approximate surface area is 141 Å². The van der Waals surface area contributed by atoms with E-state index in [1.165, 1.54) is 12.1 Å². The summed E-state index contributed by atoms with van der Waals surface area (Å²) in [6.45, 7) is 3.58. The number of piperidine rings is 1. The topological polar surface area (TPSA) is 56.0 Å². The van der Waals surface area contributed by atoms with Crippen LogP contribution in [-0.4, -0.2) is 36.1 Å². The summed E-state index contributed by atoms with van der Waals surface area (Å²) in [5.74, 6) is 0.525. The second kappa shape index (κ2) is 6.83. The minimum absolute atomic E-state index is 0.279. The van der Waals surface area contributed by atoms with Crippen LogP contribution in [0.4, 0.5) is 15.9 Å². The third-order valence-electron chi connectivity index (χ3n) is 4.47. The molecule has 1 unspecified atom stereocenters. The van der Waals surface area contributed by atoms with Crippen LogP contribution in [0.1, 0.15) is 24.1 Å². The Morgan fingerprint density at radius 1 is 1.29 bits per heavy atom. The molecule has 124 valence electrons. The number of hydrogen-bond donors (Lipinski definition) is 0. The molecule has 1 aliphatic heterocycles. The van der Waals surface area contributed by atoms with Crippen molar-refractivity contribution in [2.24, 2.45) is 0 Å². The van der Waals surface area contributed by atoms with Crippen molar-refractivity contribution in [2.75, 3.05) is 29.9 Å². The molecule has 24 heavy (non-hydrogen) atoms. The minimum Gasteiger partial charge on any atom is -0.369 e. The summed E-state index contributed by atoms with van der Waals surface area (Å²) in [6, 6.07) is 8.78. The van der Waals surface area contributed by atoms with Gasteiger partial charge < -0.3 is 9.80 Å². The molecule has 3 rings (SSSR count). The van der Waals surface area contributed by atoms with Crippen molar-refractivity contribution in [3.63, 3.8) is 0 Å². The number of hydrogen-bond acceptors (Lipinski definition) is 5. The molecule has 0 N–H and O–H groups in total. The quantitative estimate of drug-likeness (QED) is 0.868. The number of rotatable bonds is 3. The Morgan fingerprint density at radius 3 is 2.88 bits per heavy atom. The number of nitriles is 1. The molecule has 0 amide bonds. The molecular weight excluding hydrogens is 305 g/mol. The molecule has 2 aromatic rings. The largest absolute Gasteiger partial charge is 0.369 e. The molecule has 0 radical (unpaired) electrons. The summed E-state index contributed by atoms with van der Waals surface area (Å²) >= 11 is 0. The first kappa shape index (κ1) is 16.2. The van der Waals surface area contributed by atoms with Gasteiger partial charge in [0.15, 0.2) is 0 Å². The SMILES string of the molecule is Cc1cc(N(C)C2CCCN(c3cc(F)cc(C#N)c3)C2)ncn1. The molecular formula is C18H20FN5. The van der Waals surface area contributed by atoms with Crippen molar-refractivity contribution in [2.45, 2.75) is 25.8 Å². The van der Waals surface area contributed by atoms with Crippen LogP contribution in [0.15, 0.2) is 30.6 Å². The Hall–Kier alpha value is -2.68. The highest BCUT2D eigenvalue weighted by Crippen LogP contribution is 2.25. The van der Waals surface area contributed by atoms with Gasteiger partial charge in [0.1, 0.15) is 18.0 Å². The molecule has 5 nitrogen and oxygen atoms in total. The van der Waals surface area contributed by atoms with Crippen molar-refractivity contribution in [3.05, 3.63) is 47.7 Å². The van der Waals surface area contributed by atoms with E-state index in [1.807, 2.05) is 26.1 Å². The monoisotopic (exact) mass is 325 g/mol. The van der Waals surface area contributed by atoms with E-state index in [2.05, 4.69) is 19.8 Å². The van der Waals surface area contributed by atoms with Crippen LogP contribution in [0, 0.1) is 24.1 Å². The Morgan fingerprint density at radius 2 is 2.12 bits per heavy atom. The van der Waals surface area contributed by atoms with Crippen molar-refractivity contribution in [3.8, 4) is 6.07 Å². The van der Waals surface area contributed by atoms with Gasteiger partial charge in [0.05, 0.1) is 11.6 Å². The fourth-order valence-corrected chi connectivity index (χ4v) is 3.15. The van der Waals surface area contributed by atoms with Crippen molar-refractivity contribution < 1.29 is 4.39 Å². The summed E-state index contributed by atoms with van der Waals surface area (Å²) < 4.78 is 13.7. The molecule has 2 heterocycles. The van der Waals surface area contributed by atoms with E-state index < -0.39 is 0 Å². The van der Waals surface area contributed by atoms with Crippen molar-refractivity contribution >= 4 is 11.5 Å². The summed E-state index contributed by atoms with van der Waals surface area (Å²) in [7, 11) is 2.03. The molecule has 1 aromatic carbocycles. The smallest absolute Gasteiger partial charge is 0.132 e. The lowest BCUT2D eigenvalue weighted by Crippen LogP contribution is -2.47. The molecule has 1 aliphatic rings. The van der Waals surface area contributed by atoms with Crippen molar-refractivity contribution in [1.29, 1.82) is 5.26 Å². The Kier molecular flexibility index (Phi) is 4.61. The number of likely N-dealkylation sites (N-methyl/N-ethyl adjacent to an activating group) is 1. The number of aromatic nitrogens is 2. The van der Waals surface area contributed by atoms with E-state index in [1.54, 1.807) is 12.4 Å². The van der Waals surface area contributed by atoms with Crippen LogP contribution >= 0.6 is 0 Å². The van der Waals surface area contributed by atoms with Crippen LogP contribution in [0.25, 0.3) is 0 Å². The number of nitrogens with zero attached hydrogens (tertiary/aromatic N) is 5. The third kappa shape index (κ3) is 3.46. The van der Waals surface area contributed by atoms with E-state index in [-0.39, 0.29) is 11.9 Å². The number of halogens is 1. The van der Waals surface area contributed by atoms with Gasteiger partial charge in [0.25, 0.3) is 0 Å². The summed E-state index contributed by atoms with van der Waals surface area (Å²) in [4.78, 5) is 12.8. The highest BCUT2D eigenvalue weighted by atomic mass is 19.1. The van der Waals surface area contributed by atoms with Crippen LogP contribution in [0.5, 0.6) is 0 Å². The van der Waals surface area contributed by atoms with Gasteiger partial charge in [-0.25, -0.2) is 14.4 Å². The minimum atomic E-state index is -0.369. The molecule has 0 bridgehead atoms. The van der Waals surface area contributed by atoms with Gasteiger partial charge in [-0.1, -0.05) is 0 Å². The Bertz CT molecular complexity index is 770. The normalized spacial score (nSPS) is 17.4. The van der Waals surface area contributed by atoms with Gasteiger partial charge in [0.2, 0.25) is 0 Å². The van der Waals surface area contributed by atoms with Gasteiger partial charge in [-0.3, -0.25) is 0 Å². The first-order valence-corrected chi connectivity index (χ1v) is 8.04. The van der Waals surface area contributed by atoms with Crippen LogP contribution < -0.4 is 9.80 Å². The van der Waals surface area contributed by atoms with E-state index in [9.17, 15) is 4.39 Å². The molecule has 0 saturated carbocycles. The third-order valence-corrected chi connectivity index (χ3v) is 4.47. The fourth-order valence-electron chi connectivity index (χ4n) is 3.15. The predicted octanol–water partition coefficient (Wildman–Crippen LogP) is 2.90. The van der Waals surface area contributed by atoms with Crippen LogP contribution in [-0.2, 0) is 0 Å². The lowest BCUT2D eigenvalue weighted by molar-refractivity contribution is 0.485. The summed E-state index contributed by atoms with van der Waals surface area (Å²) in [5.41, 5.74) is 2.05. The zero-order valence-electron chi connectivity index (χ0n) is 13.9. The average Bonchev–Trinajstić information content (AvgIpc) is 2.60. The second-order valence-corrected chi connectivity index (χ2v) is 6.18. The van der Waals surface area contributed by atoms with Gasteiger partial charge in [0, 0.05) is 43.6 Å². The molecule has 1 fully saturated rings. The van der Waals surface area contributed by atoms with Gasteiger partial charge in [-0.2, -0.15) is 5.26 Å². The first-order chi connectivity index (χ1) is 11.6. The zero-order chi connectivity index (χ0) is 17.1. The highest BCUT2D eigenvalue weighted by molar-refractivity contribution is 5.53. The summed E-state index contributed by atoms with van der Waals surface area (Å²) in [6.07, 6.45) is 3.64. The first-order valence-electron chi connectivity index (χ1n) is 8.04. The van der Waals surface area contributed by atoms with Gasteiger partial charge in [-0.05, 0) is 38.0 Å². The van der Waals surface area contributed by atoms with Gasteiger partial charge in [-0.15, -0.1) is 0 Å². The van der Waals surface area contributed by atoms with Crippen LogP contribution in [0.2, 0.25) is 0 Å². The molecule has 1 atom stereocenters. The highest BCUT2D eigenvalue weighted by Gasteiger charge is 2.25. The standard InChI is InChI=1S/C18H20FN5/c1-13-6-18(22-12-21-13)23(2)16-4-3-5-24(11-16)17-8-14(10-20)7-15(19)9-17/h6-9,12,16H,3-5,11H2,1-2H3. The molecule has 1 saturated heterocycles. The number of aryl methyl sites for hydroxylation is 1. The molecule has 0 aliphatic carbocycles. The lowest BCUT2D eigenvalue weighted by Gasteiger charge is -2.39. The van der Waals surface area contributed by atoms with E-state index >= 15 is 0 Å². The zero-order valence-corrected chi connectivity index (χ0v) is 13.9. The van der Waals surface area contributed by atoms with Gasteiger partial charge >= 0.3 is 0 Å². The fraction of sp³-hybridized carbons (Fsp3) is 0.389. The van der Waals surface area contributed by atoms with Crippen LogP contribution in [0.3, 0.4) is 0 Å². The predicted molar refractivity (Wildman–Crippen MR) is 91.5 cm³/mol. The molecule has 0 spiro atoms. The van der Waals surface area contributed by atoms with E-state index in [0.717, 1.165) is 43.1 Å². The lowest BCUT2D eigenvalue weighted by atomic mass is 10.0. The maximum absolute atomic E-state index is 13.7. The summed E-state index contributed by atoms with van der Waals surface area (Å²) in [5, 5.41) is 9.04. The number of anilines is 2. The average molecular weight is 325 g/mol. The Balaban J connectivity index is 1.79. The second-order valence-electron chi connectivity index (χ2n) is 6.18. The van der Waals surface area contributed by atoms with E-state index in [4.69, 9.17) is 5.26 Å². The number of benzene rings is 1. The van der Waals surface area contributed by atoms with Crippen molar-refractivity contribution in [1.82, 2.24) is 9.97 Å².